The second kappa shape index (κ2) is 3.57. The lowest BCUT2D eigenvalue weighted by atomic mass is 9.53. The lowest BCUT2D eigenvalue weighted by Gasteiger charge is -2.56. The molecule has 2 aliphatic carbocycles. The first kappa shape index (κ1) is 12.6. The third-order valence-electron chi connectivity index (χ3n) is 5.09. The predicted octanol–water partition coefficient (Wildman–Crippen LogP) is 2.78. The molecule has 3 aliphatic rings. The summed E-state index contributed by atoms with van der Waals surface area (Å²) in [6.07, 6.45) is 2.89. The van der Waals surface area contributed by atoms with Gasteiger partial charge in [0.1, 0.15) is 5.78 Å². The number of hydrogen-bond acceptors (Lipinski definition) is 3. The Morgan fingerprint density at radius 1 is 1.00 bits per heavy atom. The highest BCUT2D eigenvalue weighted by molar-refractivity contribution is 5.88. The monoisotopic (exact) mass is 252 g/mol. The summed E-state index contributed by atoms with van der Waals surface area (Å²) >= 11 is 0. The smallest absolute Gasteiger partial charge is 0.181 e. The molecule has 1 heterocycles. The second-order valence-electron chi connectivity index (χ2n) is 7.69. The molecule has 102 valence electrons. The summed E-state index contributed by atoms with van der Waals surface area (Å²) in [4.78, 5) is 12.7. The lowest BCUT2D eigenvalue weighted by Crippen LogP contribution is -2.62. The number of ether oxygens (including phenoxy) is 2. The van der Waals surface area contributed by atoms with Crippen LogP contribution in [0.1, 0.15) is 47.0 Å². The van der Waals surface area contributed by atoms with Crippen LogP contribution in [-0.2, 0) is 14.3 Å². The van der Waals surface area contributed by atoms with Crippen molar-refractivity contribution in [3.05, 3.63) is 0 Å². The van der Waals surface area contributed by atoms with E-state index in [2.05, 4.69) is 27.7 Å². The molecule has 0 aromatic heterocycles. The molecule has 2 bridgehead atoms. The van der Waals surface area contributed by atoms with Crippen LogP contribution in [0.5, 0.6) is 0 Å². The van der Waals surface area contributed by atoms with Gasteiger partial charge < -0.3 is 9.47 Å². The van der Waals surface area contributed by atoms with Gasteiger partial charge in [-0.15, -0.1) is 0 Å². The molecule has 2 saturated carbocycles. The molecule has 3 fully saturated rings. The van der Waals surface area contributed by atoms with Gasteiger partial charge in [-0.2, -0.15) is 0 Å². The summed E-state index contributed by atoms with van der Waals surface area (Å²) in [7, 11) is 0. The van der Waals surface area contributed by atoms with Gasteiger partial charge in [0, 0.05) is 11.3 Å². The maximum atomic E-state index is 12.7. The fraction of sp³-hybridized carbons (Fsp3) is 0.933. The van der Waals surface area contributed by atoms with Crippen LogP contribution in [-0.4, -0.2) is 24.8 Å². The van der Waals surface area contributed by atoms with E-state index in [1.165, 1.54) is 0 Å². The van der Waals surface area contributed by atoms with Crippen LogP contribution in [0.4, 0.5) is 0 Å². The number of rotatable bonds is 0. The van der Waals surface area contributed by atoms with Crippen molar-refractivity contribution < 1.29 is 14.3 Å². The van der Waals surface area contributed by atoms with Crippen LogP contribution in [0.3, 0.4) is 0 Å². The van der Waals surface area contributed by atoms with Crippen LogP contribution in [0.2, 0.25) is 0 Å². The van der Waals surface area contributed by atoms with Gasteiger partial charge in [0.2, 0.25) is 0 Å². The first-order valence-electron chi connectivity index (χ1n) is 7.09. The zero-order valence-electron chi connectivity index (χ0n) is 11.9. The molecule has 1 saturated heterocycles. The van der Waals surface area contributed by atoms with E-state index in [4.69, 9.17) is 9.47 Å². The molecule has 0 N–H and O–H groups in total. The minimum absolute atomic E-state index is 0.0718. The van der Waals surface area contributed by atoms with Crippen LogP contribution in [0, 0.1) is 22.7 Å². The molecule has 1 aliphatic heterocycles. The topological polar surface area (TPSA) is 35.5 Å². The number of carbonyl (C=O) groups excluding carboxylic acids is 1. The highest BCUT2D eigenvalue weighted by atomic mass is 16.7. The molecule has 3 heteroatoms. The summed E-state index contributed by atoms with van der Waals surface area (Å²) in [6.45, 7) is 9.97. The molecule has 1 spiro atoms. The number of Topliss-reactive ketones (excluding diaryl/α,β-unsaturated/α-hetero) is 1. The minimum atomic E-state index is -0.581. The van der Waals surface area contributed by atoms with Gasteiger partial charge in [-0.05, 0) is 24.7 Å². The molecule has 0 aromatic carbocycles. The van der Waals surface area contributed by atoms with Gasteiger partial charge in [-0.25, -0.2) is 0 Å². The summed E-state index contributed by atoms with van der Waals surface area (Å²) in [5.74, 6) is 0.0506. The van der Waals surface area contributed by atoms with Gasteiger partial charge in [0.15, 0.2) is 5.79 Å². The quantitative estimate of drug-likeness (QED) is 0.665. The Kier molecular flexibility index (Phi) is 2.50. The van der Waals surface area contributed by atoms with Gasteiger partial charge in [-0.3, -0.25) is 4.79 Å². The fourth-order valence-electron chi connectivity index (χ4n) is 4.43. The average Bonchev–Trinajstić information content (AvgIpc) is 2.70. The van der Waals surface area contributed by atoms with E-state index in [1.54, 1.807) is 0 Å². The van der Waals surface area contributed by atoms with E-state index in [0.29, 0.717) is 24.9 Å². The number of ketones is 1. The molecule has 2 unspecified atom stereocenters. The summed E-state index contributed by atoms with van der Waals surface area (Å²) < 4.78 is 11.9. The summed E-state index contributed by atoms with van der Waals surface area (Å²) in [6, 6.07) is 0. The molecule has 3 rings (SSSR count). The highest BCUT2D eigenvalue weighted by Gasteiger charge is 2.64. The van der Waals surface area contributed by atoms with Crippen LogP contribution >= 0.6 is 0 Å². The molecular formula is C15H24O3. The maximum absolute atomic E-state index is 12.7. The lowest BCUT2D eigenvalue weighted by molar-refractivity contribution is -0.273. The SMILES string of the molecule is CC1(C)CC2CC(C)(C)C(=O)C(C1)C21OCCO1. The Hall–Kier alpha value is -0.410. The molecule has 0 radical (unpaired) electrons. The summed E-state index contributed by atoms with van der Waals surface area (Å²) in [5, 5.41) is 0. The van der Waals surface area contributed by atoms with Crippen molar-refractivity contribution in [3.8, 4) is 0 Å². The highest BCUT2D eigenvalue weighted by Crippen LogP contribution is 2.59. The molecular weight excluding hydrogens is 228 g/mol. The first-order valence-corrected chi connectivity index (χ1v) is 7.09. The van der Waals surface area contributed by atoms with Gasteiger partial charge >= 0.3 is 0 Å². The molecule has 0 amide bonds. The maximum Gasteiger partial charge on any atom is 0.181 e. The standard InChI is InChI=1S/C15H24O3/c1-13(2)7-10-8-14(3,4)12(16)11(9-13)15(10)17-5-6-18-15/h10-11H,5-9H2,1-4H3. The zero-order valence-corrected chi connectivity index (χ0v) is 11.9. The van der Waals surface area contributed by atoms with Gasteiger partial charge in [0.05, 0.1) is 19.1 Å². The van der Waals surface area contributed by atoms with E-state index in [9.17, 15) is 4.79 Å². The van der Waals surface area contributed by atoms with Gasteiger partial charge in [-0.1, -0.05) is 27.7 Å². The van der Waals surface area contributed by atoms with Crippen molar-refractivity contribution in [2.24, 2.45) is 22.7 Å². The third-order valence-corrected chi connectivity index (χ3v) is 5.09. The predicted molar refractivity (Wildman–Crippen MR) is 68.0 cm³/mol. The second-order valence-corrected chi connectivity index (χ2v) is 7.69. The Bertz CT molecular complexity index is 377. The Balaban J connectivity index is 2.03. The van der Waals surface area contributed by atoms with Crippen molar-refractivity contribution in [1.82, 2.24) is 0 Å². The van der Waals surface area contributed by atoms with Crippen molar-refractivity contribution in [2.45, 2.75) is 52.7 Å². The summed E-state index contributed by atoms with van der Waals surface area (Å²) in [5.41, 5.74) is 0.00838. The zero-order chi connectivity index (χ0) is 13.2. The normalized spacial score (nSPS) is 40.1. The fourth-order valence-corrected chi connectivity index (χ4v) is 4.43. The van der Waals surface area contributed by atoms with Crippen LogP contribution in [0.25, 0.3) is 0 Å². The Labute approximate surface area is 109 Å². The van der Waals surface area contributed by atoms with Crippen molar-refractivity contribution in [3.63, 3.8) is 0 Å². The minimum Gasteiger partial charge on any atom is -0.346 e. The van der Waals surface area contributed by atoms with Crippen LogP contribution < -0.4 is 0 Å². The van der Waals surface area contributed by atoms with E-state index in [0.717, 1.165) is 19.3 Å². The molecule has 2 atom stereocenters. The van der Waals surface area contributed by atoms with Crippen molar-refractivity contribution >= 4 is 5.78 Å². The van der Waals surface area contributed by atoms with Crippen molar-refractivity contribution in [2.75, 3.05) is 13.2 Å². The van der Waals surface area contributed by atoms with Gasteiger partial charge in [0.25, 0.3) is 0 Å². The van der Waals surface area contributed by atoms with E-state index in [1.807, 2.05) is 0 Å². The average molecular weight is 252 g/mol. The van der Waals surface area contributed by atoms with E-state index < -0.39 is 5.79 Å². The van der Waals surface area contributed by atoms with Crippen LogP contribution in [0.15, 0.2) is 0 Å². The molecule has 0 aromatic rings. The van der Waals surface area contributed by atoms with Crippen molar-refractivity contribution in [1.29, 1.82) is 0 Å². The van der Waals surface area contributed by atoms with E-state index >= 15 is 0 Å². The number of carbonyl (C=O) groups is 1. The molecule has 18 heavy (non-hydrogen) atoms. The number of hydrogen-bond donors (Lipinski definition) is 0. The Morgan fingerprint density at radius 2 is 1.61 bits per heavy atom. The largest absolute Gasteiger partial charge is 0.346 e. The third kappa shape index (κ3) is 1.60. The molecule has 3 nitrogen and oxygen atoms in total. The first-order chi connectivity index (χ1) is 8.27. The van der Waals surface area contributed by atoms with E-state index in [-0.39, 0.29) is 16.7 Å². The Morgan fingerprint density at radius 3 is 2.22 bits per heavy atom.